The van der Waals surface area contributed by atoms with E-state index in [0.29, 0.717) is 11.8 Å². The van der Waals surface area contributed by atoms with Crippen LogP contribution in [0.3, 0.4) is 0 Å². The van der Waals surface area contributed by atoms with Crippen LogP contribution in [0.25, 0.3) is 0 Å². The van der Waals surface area contributed by atoms with Crippen LogP contribution in [0, 0.1) is 0 Å². The van der Waals surface area contributed by atoms with E-state index in [9.17, 15) is 0 Å². The van der Waals surface area contributed by atoms with Crippen LogP contribution in [-0.4, -0.2) is 33.7 Å². The Bertz CT molecular complexity index is 299. The molecule has 84 valence electrons. The zero-order chi connectivity index (χ0) is 10.5. The summed E-state index contributed by atoms with van der Waals surface area (Å²) in [6.45, 7) is 0.190. The van der Waals surface area contributed by atoms with Gasteiger partial charge >= 0.3 is 0 Å². The molecule has 4 nitrogen and oxygen atoms in total. The summed E-state index contributed by atoms with van der Waals surface area (Å²) in [4.78, 5) is 0. The number of nitrogens with zero attached hydrogens (tertiary/aromatic N) is 2. The molecule has 6 heteroatoms. The van der Waals surface area contributed by atoms with Crippen LogP contribution < -0.4 is 5.32 Å². The number of anilines is 1. The molecule has 0 saturated heterocycles. The quantitative estimate of drug-likeness (QED) is 0.777. The number of nitrogens with one attached hydrogen (secondary N) is 1. The Hall–Kier alpha value is -0.330. The Morgan fingerprint density at radius 1 is 1.40 bits per heavy atom. The van der Waals surface area contributed by atoms with Crippen LogP contribution in [0.1, 0.15) is 25.7 Å². The Morgan fingerprint density at radius 3 is 2.93 bits per heavy atom. The van der Waals surface area contributed by atoms with E-state index in [2.05, 4.69) is 15.5 Å². The number of hydrogen-bond donors (Lipinski definition) is 2. The summed E-state index contributed by atoms with van der Waals surface area (Å²) in [6, 6.07) is 0.591. The first-order valence-electron chi connectivity index (χ1n) is 5.22. The van der Waals surface area contributed by atoms with Crippen molar-refractivity contribution >= 4 is 28.2 Å². The second-order valence-electron chi connectivity index (χ2n) is 3.57. The first-order chi connectivity index (χ1) is 7.38. The van der Waals surface area contributed by atoms with E-state index in [1.807, 2.05) is 0 Å². The van der Waals surface area contributed by atoms with Crippen LogP contribution in [0.5, 0.6) is 0 Å². The average Bonchev–Trinajstić information content (AvgIpc) is 2.87. The van der Waals surface area contributed by atoms with Crippen LogP contribution in [0.2, 0.25) is 0 Å². The molecule has 1 aromatic rings. The molecule has 0 atom stereocenters. The number of thioether (sulfide) groups is 1. The zero-order valence-corrected chi connectivity index (χ0v) is 10.1. The maximum atomic E-state index is 8.68. The molecule has 1 aliphatic rings. The van der Waals surface area contributed by atoms with Crippen molar-refractivity contribution in [3.63, 3.8) is 0 Å². The topological polar surface area (TPSA) is 58.0 Å². The summed E-state index contributed by atoms with van der Waals surface area (Å²) >= 11 is 3.13. The largest absolute Gasteiger partial charge is 0.396 e. The molecular formula is C9H15N3OS2. The number of aliphatic hydroxyl groups is 1. The molecule has 0 radical (unpaired) electrons. The molecule has 1 heterocycles. The highest BCUT2D eigenvalue weighted by atomic mass is 32.2. The van der Waals surface area contributed by atoms with Gasteiger partial charge in [-0.1, -0.05) is 35.9 Å². The Morgan fingerprint density at radius 2 is 2.20 bits per heavy atom. The maximum absolute atomic E-state index is 8.68. The van der Waals surface area contributed by atoms with Gasteiger partial charge in [-0.3, -0.25) is 0 Å². The van der Waals surface area contributed by atoms with Gasteiger partial charge in [-0.05, 0) is 12.8 Å². The first kappa shape index (κ1) is 11.2. The van der Waals surface area contributed by atoms with Gasteiger partial charge < -0.3 is 10.4 Å². The smallest absolute Gasteiger partial charge is 0.206 e. The molecule has 1 fully saturated rings. The van der Waals surface area contributed by atoms with E-state index in [-0.39, 0.29) is 6.61 Å². The molecule has 2 N–H and O–H groups in total. The number of rotatable bonds is 5. The van der Waals surface area contributed by atoms with Gasteiger partial charge in [0.15, 0.2) is 4.34 Å². The van der Waals surface area contributed by atoms with Crippen molar-refractivity contribution in [3.8, 4) is 0 Å². The monoisotopic (exact) mass is 245 g/mol. The van der Waals surface area contributed by atoms with Gasteiger partial charge in [-0.2, -0.15) is 0 Å². The number of aliphatic hydroxyl groups excluding tert-OH is 1. The maximum Gasteiger partial charge on any atom is 0.206 e. The van der Waals surface area contributed by atoms with Gasteiger partial charge in [0.25, 0.3) is 0 Å². The Labute approximate surface area is 97.5 Å². The third-order valence-corrected chi connectivity index (χ3v) is 4.37. The van der Waals surface area contributed by atoms with Crippen molar-refractivity contribution in [3.05, 3.63) is 0 Å². The molecule has 0 aliphatic heterocycles. The van der Waals surface area contributed by atoms with Gasteiger partial charge in [0.1, 0.15) is 0 Å². The molecule has 1 aromatic heterocycles. The molecule has 0 spiro atoms. The fourth-order valence-corrected chi connectivity index (χ4v) is 3.35. The van der Waals surface area contributed by atoms with E-state index in [1.165, 1.54) is 25.7 Å². The van der Waals surface area contributed by atoms with E-state index in [1.54, 1.807) is 23.1 Å². The third kappa shape index (κ3) is 3.32. The fourth-order valence-electron chi connectivity index (χ4n) is 1.70. The van der Waals surface area contributed by atoms with Gasteiger partial charge in [0.05, 0.1) is 6.61 Å². The van der Waals surface area contributed by atoms with Crippen molar-refractivity contribution < 1.29 is 5.11 Å². The van der Waals surface area contributed by atoms with Crippen LogP contribution in [0.15, 0.2) is 4.34 Å². The molecule has 0 bridgehead atoms. The summed E-state index contributed by atoms with van der Waals surface area (Å²) in [5.41, 5.74) is 0. The summed E-state index contributed by atoms with van der Waals surface area (Å²) in [6.07, 6.45) is 5.14. The van der Waals surface area contributed by atoms with Crippen molar-refractivity contribution in [1.82, 2.24) is 10.2 Å². The summed E-state index contributed by atoms with van der Waals surface area (Å²) < 4.78 is 0.935. The molecule has 15 heavy (non-hydrogen) atoms. The minimum atomic E-state index is 0.190. The molecular weight excluding hydrogens is 230 g/mol. The van der Waals surface area contributed by atoms with Gasteiger partial charge in [-0.25, -0.2) is 0 Å². The minimum absolute atomic E-state index is 0.190. The van der Waals surface area contributed by atoms with E-state index < -0.39 is 0 Å². The average molecular weight is 245 g/mol. The fraction of sp³-hybridized carbons (Fsp3) is 0.778. The zero-order valence-electron chi connectivity index (χ0n) is 8.48. The van der Waals surface area contributed by atoms with Crippen molar-refractivity contribution in [2.75, 3.05) is 17.7 Å². The number of hydrogen-bond acceptors (Lipinski definition) is 6. The molecule has 0 aromatic carbocycles. The lowest BCUT2D eigenvalue weighted by Crippen LogP contribution is -2.13. The first-order valence-corrected chi connectivity index (χ1v) is 7.02. The lowest BCUT2D eigenvalue weighted by molar-refractivity contribution is 0.322. The van der Waals surface area contributed by atoms with E-state index in [0.717, 1.165) is 9.47 Å². The van der Waals surface area contributed by atoms with Gasteiger partial charge in [0, 0.05) is 11.8 Å². The van der Waals surface area contributed by atoms with E-state index in [4.69, 9.17) is 5.11 Å². The SMILES string of the molecule is OCCSc1nnc(NC2CCCC2)s1. The predicted molar refractivity (Wildman–Crippen MR) is 63.6 cm³/mol. The van der Waals surface area contributed by atoms with Gasteiger partial charge in [-0.15, -0.1) is 10.2 Å². The minimum Gasteiger partial charge on any atom is -0.396 e. The van der Waals surface area contributed by atoms with Crippen LogP contribution >= 0.6 is 23.1 Å². The molecule has 0 amide bonds. The summed E-state index contributed by atoms with van der Waals surface area (Å²) in [5.74, 6) is 0.693. The molecule has 1 saturated carbocycles. The Kier molecular flexibility index (Phi) is 4.22. The van der Waals surface area contributed by atoms with E-state index >= 15 is 0 Å². The second kappa shape index (κ2) is 5.67. The van der Waals surface area contributed by atoms with Crippen LogP contribution in [0.4, 0.5) is 5.13 Å². The second-order valence-corrected chi connectivity index (χ2v) is 5.89. The predicted octanol–water partition coefficient (Wildman–Crippen LogP) is 1.98. The highest BCUT2D eigenvalue weighted by Crippen LogP contribution is 2.28. The van der Waals surface area contributed by atoms with Crippen molar-refractivity contribution in [1.29, 1.82) is 0 Å². The number of aromatic nitrogens is 2. The third-order valence-electron chi connectivity index (χ3n) is 2.41. The Balaban J connectivity index is 1.83. The van der Waals surface area contributed by atoms with Gasteiger partial charge in [0.2, 0.25) is 5.13 Å². The summed E-state index contributed by atoms with van der Waals surface area (Å²) in [5, 5.41) is 21.2. The lowest BCUT2D eigenvalue weighted by Gasteiger charge is -2.08. The molecule has 2 rings (SSSR count). The lowest BCUT2D eigenvalue weighted by atomic mass is 10.3. The summed E-state index contributed by atoms with van der Waals surface area (Å²) in [7, 11) is 0. The van der Waals surface area contributed by atoms with Crippen molar-refractivity contribution in [2.24, 2.45) is 0 Å². The standard InChI is InChI=1S/C9H15N3OS2/c13-5-6-14-9-12-11-8(15-9)10-7-3-1-2-4-7/h7,13H,1-6H2,(H,10,11). The highest BCUT2D eigenvalue weighted by Gasteiger charge is 2.16. The van der Waals surface area contributed by atoms with Crippen molar-refractivity contribution in [2.45, 2.75) is 36.1 Å². The molecule has 1 aliphatic carbocycles. The van der Waals surface area contributed by atoms with Crippen LogP contribution in [-0.2, 0) is 0 Å². The highest BCUT2D eigenvalue weighted by molar-refractivity contribution is 8.01. The normalized spacial score (nSPS) is 17.1. The molecule has 0 unspecified atom stereocenters.